The number of para-hydroxylation sites is 1. The Hall–Kier alpha value is -2.73. The van der Waals surface area contributed by atoms with Gasteiger partial charge in [-0.1, -0.05) is 25.1 Å². The molecule has 30 heavy (non-hydrogen) atoms. The van der Waals surface area contributed by atoms with Crippen molar-refractivity contribution < 1.29 is 23.7 Å². The van der Waals surface area contributed by atoms with Gasteiger partial charge in [-0.3, -0.25) is 4.90 Å². The van der Waals surface area contributed by atoms with Crippen molar-refractivity contribution >= 4 is 5.97 Å². The topological polar surface area (TPSA) is 57.2 Å². The number of methoxy groups -OCH3 is 3. The molecule has 0 aliphatic rings. The molecule has 0 bridgehead atoms. The number of benzene rings is 2. The highest BCUT2D eigenvalue weighted by Crippen LogP contribution is 2.27. The first-order valence-electron chi connectivity index (χ1n) is 10.4. The molecule has 0 amide bonds. The Labute approximate surface area is 179 Å². The van der Waals surface area contributed by atoms with E-state index in [4.69, 9.17) is 18.9 Å². The van der Waals surface area contributed by atoms with Gasteiger partial charge in [-0.25, -0.2) is 4.79 Å². The maximum absolute atomic E-state index is 12.2. The molecular weight excluding hydrogens is 382 g/mol. The smallest absolute Gasteiger partial charge is 0.338 e. The molecule has 6 heteroatoms. The number of rotatable bonds is 13. The lowest BCUT2D eigenvalue weighted by molar-refractivity contribution is 0.0496. The van der Waals surface area contributed by atoms with Gasteiger partial charge in [0, 0.05) is 12.1 Å². The lowest BCUT2D eigenvalue weighted by Gasteiger charge is -2.21. The fourth-order valence-corrected chi connectivity index (χ4v) is 3.25. The molecule has 164 valence electrons. The van der Waals surface area contributed by atoms with E-state index < -0.39 is 0 Å². The minimum Gasteiger partial charge on any atom is -0.496 e. The van der Waals surface area contributed by atoms with E-state index in [1.807, 2.05) is 18.2 Å². The molecule has 0 aliphatic carbocycles. The van der Waals surface area contributed by atoms with E-state index in [1.165, 1.54) is 5.56 Å². The van der Waals surface area contributed by atoms with Crippen LogP contribution in [0.25, 0.3) is 0 Å². The lowest BCUT2D eigenvalue weighted by atomic mass is 10.1. The van der Waals surface area contributed by atoms with Crippen molar-refractivity contribution in [3.05, 3.63) is 53.6 Å². The molecule has 0 aliphatic heterocycles. The van der Waals surface area contributed by atoms with Crippen LogP contribution in [0.1, 0.15) is 42.1 Å². The molecule has 2 aromatic rings. The van der Waals surface area contributed by atoms with Crippen LogP contribution in [0.5, 0.6) is 17.2 Å². The minimum absolute atomic E-state index is 0.345. The molecule has 0 radical (unpaired) electrons. The van der Waals surface area contributed by atoms with Gasteiger partial charge in [-0.2, -0.15) is 0 Å². The molecule has 6 nitrogen and oxygen atoms in total. The number of hydrogen-bond acceptors (Lipinski definition) is 6. The van der Waals surface area contributed by atoms with Crippen LogP contribution < -0.4 is 14.2 Å². The molecule has 0 aromatic heterocycles. The Morgan fingerprint density at radius 1 is 0.867 bits per heavy atom. The highest BCUT2D eigenvalue weighted by atomic mass is 16.5. The van der Waals surface area contributed by atoms with E-state index in [2.05, 4.69) is 17.9 Å². The first-order valence-corrected chi connectivity index (χ1v) is 10.4. The Morgan fingerprint density at radius 3 is 2.30 bits per heavy atom. The van der Waals surface area contributed by atoms with Crippen molar-refractivity contribution in [1.82, 2.24) is 4.90 Å². The van der Waals surface area contributed by atoms with Gasteiger partial charge in [-0.05, 0) is 56.6 Å². The van der Waals surface area contributed by atoms with E-state index in [0.29, 0.717) is 23.7 Å². The summed E-state index contributed by atoms with van der Waals surface area (Å²) in [5.41, 5.74) is 1.66. The number of carbonyl (C=O) groups is 1. The summed E-state index contributed by atoms with van der Waals surface area (Å²) in [5, 5.41) is 0. The summed E-state index contributed by atoms with van der Waals surface area (Å²) in [6, 6.07) is 13.2. The predicted molar refractivity (Wildman–Crippen MR) is 118 cm³/mol. The van der Waals surface area contributed by atoms with Crippen molar-refractivity contribution in [3.63, 3.8) is 0 Å². The molecule has 2 aromatic carbocycles. The Kier molecular flexibility index (Phi) is 10.0. The fourth-order valence-electron chi connectivity index (χ4n) is 3.25. The molecule has 0 atom stereocenters. The highest BCUT2D eigenvalue weighted by Gasteiger charge is 2.12. The fraction of sp³-hybridized carbons (Fsp3) is 0.458. The van der Waals surface area contributed by atoms with Crippen LogP contribution in [0.4, 0.5) is 0 Å². The summed E-state index contributed by atoms with van der Waals surface area (Å²) in [6.07, 6.45) is 2.89. The van der Waals surface area contributed by atoms with Gasteiger partial charge >= 0.3 is 5.97 Å². The van der Waals surface area contributed by atoms with E-state index >= 15 is 0 Å². The van der Waals surface area contributed by atoms with E-state index in [0.717, 1.165) is 44.6 Å². The maximum Gasteiger partial charge on any atom is 0.338 e. The summed E-state index contributed by atoms with van der Waals surface area (Å²) >= 11 is 0. The summed E-state index contributed by atoms with van der Waals surface area (Å²) in [5.74, 6) is 1.68. The first-order chi connectivity index (χ1) is 14.6. The van der Waals surface area contributed by atoms with Gasteiger partial charge in [0.15, 0.2) is 11.5 Å². The minimum atomic E-state index is -0.345. The molecule has 0 heterocycles. The van der Waals surface area contributed by atoms with E-state index in [9.17, 15) is 4.79 Å². The van der Waals surface area contributed by atoms with Gasteiger partial charge in [0.25, 0.3) is 0 Å². The van der Waals surface area contributed by atoms with Gasteiger partial charge in [0.2, 0.25) is 0 Å². The van der Waals surface area contributed by atoms with Gasteiger partial charge in [-0.15, -0.1) is 0 Å². The van der Waals surface area contributed by atoms with E-state index in [-0.39, 0.29) is 5.97 Å². The third-order valence-corrected chi connectivity index (χ3v) is 5.00. The van der Waals surface area contributed by atoms with Crippen molar-refractivity contribution in [2.24, 2.45) is 0 Å². The van der Waals surface area contributed by atoms with Crippen molar-refractivity contribution in [1.29, 1.82) is 0 Å². The van der Waals surface area contributed by atoms with Crippen LogP contribution >= 0.6 is 0 Å². The zero-order valence-corrected chi connectivity index (χ0v) is 18.5. The Morgan fingerprint density at radius 2 is 1.60 bits per heavy atom. The second kappa shape index (κ2) is 12.8. The second-order valence-electron chi connectivity index (χ2n) is 6.95. The lowest BCUT2D eigenvalue weighted by Crippen LogP contribution is -2.24. The van der Waals surface area contributed by atoms with Crippen LogP contribution in [0, 0.1) is 0 Å². The van der Waals surface area contributed by atoms with Gasteiger partial charge < -0.3 is 18.9 Å². The molecular formula is C24H33NO5. The summed E-state index contributed by atoms with van der Waals surface area (Å²) in [7, 11) is 4.81. The molecule has 0 saturated heterocycles. The predicted octanol–water partition coefficient (Wildman–Crippen LogP) is 4.56. The van der Waals surface area contributed by atoms with Crippen molar-refractivity contribution in [2.45, 2.75) is 32.7 Å². The standard InChI is InChI=1S/C24H33NO5/c1-5-25(18-20-11-7-8-12-21(20)27-2)15-9-6-10-16-30-24(26)19-13-14-22(28-3)23(17-19)29-4/h7-8,11-14,17H,5-6,9-10,15-16,18H2,1-4H3. The van der Waals surface area contributed by atoms with Crippen molar-refractivity contribution in [2.75, 3.05) is 41.0 Å². The molecule has 0 fully saturated rings. The van der Waals surface area contributed by atoms with Gasteiger partial charge in [0.05, 0.1) is 33.5 Å². The summed E-state index contributed by atoms with van der Waals surface area (Å²) < 4.78 is 21.3. The van der Waals surface area contributed by atoms with E-state index in [1.54, 1.807) is 39.5 Å². The zero-order valence-electron chi connectivity index (χ0n) is 18.5. The Bertz CT molecular complexity index is 793. The molecule has 0 spiro atoms. The SMILES string of the molecule is CCN(CCCCCOC(=O)c1ccc(OC)c(OC)c1)Cc1ccccc1OC. The maximum atomic E-state index is 12.2. The van der Waals surface area contributed by atoms with Crippen LogP contribution in [0.2, 0.25) is 0 Å². The molecule has 0 unspecified atom stereocenters. The third kappa shape index (κ3) is 6.95. The van der Waals surface area contributed by atoms with Crippen LogP contribution in [0.3, 0.4) is 0 Å². The summed E-state index contributed by atoms with van der Waals surface area (Å²) in [4.78, 5) is 14.6. The molecule has 2 rings (SSSR count). The number of nitrogens with zero attached hydrogens (tertiary/aromatic N) is 1. The van der Waals surface area contributed by atoms with Crippen molar-refractivity contribution in [3.8, 4) is 17.2 Å². The van der Waals surface area contributed by atoms with Crippen LogP contribution in [-0.2, 0) is 11.3 Å². The average molecular weight is 416 g/mol. The number of unbranched alkanes of at least 4 members (excludes halogenated alkanes) is 2. The van der Waals surface area contributed by atoms with Crippen LogP contribution in [-0.4, -0.2) is 51.9 Å². The van der Waals surface area contributed by atoms with Crippen LogP contribution in [0.15, 0.2) is 42.5 Å². The highest BCUT2D eigenvalue weighted by molar-refractivity contribution is 5.90. The zero-order chi connectivity index (χ0) is 21.8. The number of hydrogen-bond donors (Lipinski definition) is 0. The third-order valence-electron chi connectivity index (χ3n) is 5.00. The monoisotopic (exact) mass is 415 g/mol. The average Bonchev–Trinajstić information content (AvgIpc) is 2.79. The quantitative estimate of drug-likeness (QED) is 0.353. The number of esters is 1. The molecule has 0 saturated carbocycles. The Balaban J connectivity index is 1.70. The first kappa shape index (κ1) is 23.5. The number of ether oxygens (including phenoxy) is 4. The normalized spacial score (nSPS) is 10.7. The largest absolute Gasteiger partial charge is 0.496 e. The molecule has 0 N–H and O–H groups in total. The second-order valence-corrected chi connectivity index (χ2v) is 6.95. The number of carbonyl (C=O) groups excluding carboxylic acids is 1. The van der Waals surface area contributed by atoms with Gasteiger partial charge in [0.1, 0.15) is 5.75 Å². The summed E-state index contributed by atoms with van der Waals surface area (Å²) in [6.45, 7) is 5.42.